The minimum absolute atomic E-state index is 0.202. The van der Waals surface area contributed by atoms with Gasteiger partial charge in [-0.05, 0) is 63.6 Å². The molecule has 2 rings (SSSR count). The number of benzene rings is 2. The normalized spacial score (nSPS) is 11.8. The second kappa shape index (κ2) is 8.32. The third-order valence-corrected chi connectivity index (χ3v) is 4.00. The third kappa shape index (κ3) is 6.15. The number of aryl methyl sites for hydroxylation is 1. The van der Waals surface area contributed by atoms with E-state index >= 15 is 0 Å². The predicted octanol–water partition coefficient (Wildman–Crippen LogP) is 4.44. The molecule has 26 heavy (non-hydrogen) atoms. The van der Waals surface area contributed by atoms with Crippen molar-refractivity contribution >= 4 is 33.8 Å². The lowest BCUT2D eigenvalue weighted by Crippen LogP contribution is -2.44. The van der Waals surface area contributed by atoms with Gasteiger partial charge in [-0.25, -0.2) is 0 Å². The molecule has 5 heteroatoms. The summed E-state index contributed by atoms with van der Waals surface area (Å²) in [6, 6.07) is 14.7. The first-order chi connectivity index (χ1) is 12.1. The SMILES string of the molecule is Cc1ccc(C(=O)NC(=Cc2ccc(Br)cc2)C(=O)NC(C)(C)C)cc1. The zero-order valence-electron chi connectivity index (χ0n) is 15.4. The first-order valence-corrected chi connectivity index (χ1v) is 9.11. The average Bonchev–Trinajstić information content (AvgIpc) is 2.55. The van der Waals surface area contributed by atoms with Crippen LogP contribution < -0.4 is 10.6 Å². The summed E-state index contributed by atoms with van der Waals surface area (Å²) >= 11 is 3.39. The molecule has 2 aromatic rings. The van der Waals surface area contributed by atoms with E-state index in [0.29, 0.717) is 5.56 Å². The van der Waals surface area contributed by atoms with Crippen molar-refractivity contribution in [2.75, 3.05) is 0 Å². The molecule has 2 aromatic carbocycles. The fraction of sp³-hybridized carbons (Fsp3) is 0.238. The maximum atomic E-state index is 12.6. The first kappa shape index (κ1) is 19.9. The van der Waals surface area contributed by atoms with E-state index in [4.69, 9.17) is 0 Å². The number of amides is 2. The second-order valence-electron chi connectivity index (χ2n) is 7.13. The van der Waals surface area contributed by atoms with Crippen LogP contribution in [0.15, 0.2) is 58.7 Å². The molecule has 0 fully saturated rings. The van der Waals surface area contributed by atoms with Crippen molar-refractivity contribution in [3.05, 3.63) is 75.4 Å². The van der Waals surface area contributed by atoms with Crippen molar-refractivity contribution in [1.82, 2.24) is 10.6 Å². The number of hydrogen-bond acceptors (Lipinski definition) is 2. The van der Waals surface area contributed by atoms with Crippen LogP contribution in [0, 0.1) is 6.92 Å². The molecule has 0 unspecified atom stereocenters. The summed E-state index contributed by atoms with van der Waals surface area (Å²) in [6.45, 7) is 7.63. The highest BCUT2D eigenvalue weighted by Gasteiger charge is 2.19. The van der Waals surface area contributed by atoms with Gasteiger partial charge in [0.25, 0.3) is 11.8 Å². The standard InChI is InChI=1S/C21H23BrN2O2/c1-14-5-9-16(10-6-14)19(25)23-18(20(26)24-21(2,3)4)13-15-7-11-17(22)12-8-15/h5-13H,1-4H3,(H,23,25)(H,24,26). The van der Waals surface area contributed by atoms with Crippen LogP contribution in [0.2, 0.25) is 0 Å². The monoisotopic (exact) mass is 414 g/mol. The molecule has 0 aliphatic heterocycles. The Bertz CT molecular complexity index is 817. The van der Waals surface area contributed by atoms with E-state index in [2.05, 4.69) is 26.6 Å². The van der Waals surface area contributed by atoms with Gasteiger partial charge in [-0.15, -0.1) is 0 Å². The highest BCUT2D eigenvalue weighted by Crippen LogP contribution is 2.14. The van der Waals surface area contributed by atoms with Gasteiger partial charge >= 0.3 is 0 Å². The Morgan fingerprint density at radius 1 is 0.962 bits per heavy atom. The van der Waals surface area contributed by atoms with Gasteiger partial charge in [0, 0.05) is 15.6 Å². The van der Waals surface area contributed by atoms with E-state index < -0.39 is 5.54 Å². The molecule has 0 aromatic heterocycles. The number of carbonyl (C=O) groups excluding carboxylic acids is 2. The number of rotatable bonds is 4. The highest BCUT2D eigenvalue weighted by atomic mass is 79.9. The van der Waals surface area contributed by atoms with Crippen LogP contribution in [0.25, 0.3) is 6.08 Å². The number of halogens is 1. The Kier molecular flexibility index (Phi) is 6.37. The maximum absolute atomic E-state index is 12.6. The fourth-order valence-electron chi connectivity index (χ4n) is 2.19. The summed E-state index contributed by atoms with van der Waals surface area (Å²) in [7, 11) is 0. The zero-order valence-corrected chi connectivity index (χ0v) is 17.0. The molecule has 0 atom stereocenters. The molecule has 4 nitrogen and oxygen atoms in total. The lowest BCUT2D eigenvalue weighted by Gasteiger charge is -2.22. The summed E-state index contributed by atoms with van der Waals surface area (Å²) in [6.07, 6.45) is 1.67. The first-order valence-electron chi connectivity index (χ1n) is 8.32. The van der Waals surface area contributed by atoms with Crippen molar-refractivity contribution < 1.29 is 9.59 Å². The van der Waals surface area contributed by atoms with Crippen LogP contribution in [-0.4, -0.2) is 17.4 Å². The van der Waals surface area contributed by atoms with Crippen molar-refractivity contribution in [3.63, 3.8) is 0 Å². The lowest BCUT2D eigenvalue weighted by atomic mass is 10.1. The number of hydrogen-bond donors (Lipinski definition) is 2. The van der Waals surface area contributed by atoms with Gasteiger partial charge in [0.15, 0.2) is 0 Å². The quantitative estimate of drug-likeness (QED) is 0.726. The van der Waals surface area contributed by atoms with Crippen LogP contribution in [0.4, 0.5) is 0 Å². The molecule has 0 spiro atoms. The largest absolute Gasteiger partial charge is 0.346 e. The van der Waals surface area contributed by atoms with Crippen LogP contribution in [0.5, 0.6) is 0 Å². The van der Waals surface area contributed by atoms with Crippen molar-refractivity contribution in [1.29, 1.82) is 0 Å². The van der Waals surface area contributed by atoms with Gasteiger partial charge in [-0.1, -0.05) is 45.8 Å². The van der Waals surface area contributed by atoms with E-state index in [1.807, 2.05) is 64.1 Å². The van der Waals surface area contributed by atoms with Crippen molar-refractivity contribution in [2.45, 2.75) is 33.2 Å². The summed E-state index contributed by atoms with van der Waals surface area (Å²) in [4.78, 5) is 25.2. The average molecular weight is 415 g/mol. The Morgan fingerprint density at radius 3 is 2.08 bits per heavy atom. The van der Waals surface area contributed by atoms with Gasteiger partial charge in [-0.2, -0.15) is 0 Å². The van der Waals surface area contributed by atoms with Crippen molar-refractivity contribution in [2.24, 2.45) is 0 Å². The summed E-state index contributed by atoms with van der Waals surface area (Å²) < 4.78 is 0.944. The molecule has 2 amide bonds. The smallest absolute Gasteiger partial charge is 0.268 e. The molecule has 0 saturated carbocycles. The Balaban J connectivity index is 2.30. The molecule has 0 radical (unpaired) electrons. The molecule has 0 saturated heterocycles. The Morgan fingerprint density at radius 2 is 1.54 bits per heavy atom. The van der Waals surface area contributed by atoms with Gasteiger partial charge in [0.05, 0.1) is 0 Å². The minimum atomic E-state index is -0.412. The summed E-state index contributed by atoms with van der Waals surface area (Å²) in [5.74, 6) is -0.654. The molecule has 136 valence electrons. The van der Waals surface area contributed by atoms with Crippen molar-refractivity contribution in [3.8, 4) is 0 Å². The minimum Gasteiger partial charge on any atom is -0.346 e. The molecular formula is C21H23BrN2O2. The van der Waals surface area contributed by atoms with E-state index in [9.17, 15) is 9.59 Å². The van der Waals surface area contributed by atoms with E-state index in [1.54, 1.807) is 18.2 Å². The molecule has 2 N–H and O–H groups in total. The Hall–Kier alpha value is -2.40. The topological polar surface area (TPSA) is 58.2 Å². The van der Waals surface area contributed by atoms with Crippen LogP contribution in [-0.2, 0) is 4.79 Å². The van der Waals surface area contributed by atoms with Gasteiger partial charge in [0.2, 0.25) is 0 Å². The molecule has 0 heterocycles. The molecular weight excluding hydrogens is 392 g/mol. The predicted molar refractivity (Wildman–Crippen MR) is 109 cm³/mol. The lowest BCUT2D eigenvalue weighted by molar-refractivity contribution is -0.119. The van der Waals surface area contributed by atoms with E-state index in [0.717, 1.165) is 15.6 Å². The maximum Gasteiger partial charge on any atom is 0.268 e. The van der Waals surface area contributed by atoms with Crippen LogP contribution in [0.3, 0.4) is 0 Å². The van der Waals surface area contributed by atoms with Gasteiger partial charge in [-0.3, -0.25) is 9.59 Å². The molecule has 0 aliphatic rings. The van der Waals surface area contributed by atoms with E-state index in [-0.39, 0.29) is 17.5 Å². The third-order valence-electron chi connectivity index (χ3n) is 3.48. The molecule has 0 bridgehead atoms. The number of carbonyl (C=O) groups is 2. The highest BCUT2D eigenvalue weighted by molar-refractivity contribution is 9.10. The summed E-state index contributed by atoms with van der Waals surface area (Å²) in [5, 5.41) is 5.62. The fourth-order valence-corrected chi connectivity index (χ4v) is 2.46. The molecule has 0 aliphatic carbocycles. The second-order valence-corrected chi connectivity index (χ2v) is 8.05. The van der Waals surface area contributed by atoms with Gasteiger partial charge < -0.3 is 10.6 Å². The van der Waals surface area contributed by atoms with Crippen LogP contribution in [0.1, 0.15) is 42.3 Å². The van der Waals surface area contributed by atoms with Crippen LogP contribution >= 0.6 is 15.9 Å². The number of nitrogens with one attached hydrogen (secondary N) is 2. The summed E-state index contributed by atoms with van der Waals surface area (Å²) in [5.41, 5.74) is 2.17. The zero-order chi connectivity index (χ0) is 19.3. The Labute approximate surface area is 162 Å². The van der Waals surface area contributed by atoms with Gasteiger partial charge in [0.1, 0.15) is 5.70 Å². The van der Waals surface area contributed by atoms with E-state index in [1.165, 1.54) is 0 Å².